The van der Waals surface area contributed by atoms with Crippen LogP contribution >= 0.6 is 0 Å². The number of likely N-dealkylation sites (tertiary alicyclic amines) is 1. The predicted octanol–water partition coefficient (Wildman–Crippen LogP) is 1.09. The van der Waals surface area contributed by atoms with E-state index in [0.717, 1.165) is 37.3 Å². The number of hydrogen-bond acceptors (Lipinski definition) is 5. The highest BCUT2D eigenvalue weighted by Gasteiger charge is 2.40. The maximum Gasteiger partial charge on any atom is 0.134 e. The minimum Gasteiger partial charge on any atom is -0.356 e. The van der Waals surface area contributed by atoms with E-state index in [0.29, 0.717) is 0 Å². The Morgan fingerprint density at radius 1 is 1.14 bits per heavy atom. The minimum atomic E-state index is 0.748. The Labute approximate surface area is 130 Å². The molecule has 0 amide bonds. The molecule has 0 spiro atoms. The van der Waals surface area contributed by atoms with Gasteiger partial charge in [-0.2, -0.15) is 0 Å². The first-order valence-electron chi connectivity index (χ1n) is 7.90. The van der Waals surface area contributed by atoms with E-state index in [-0.39, 0.29) is 0 Å². The third-order valence-corrected chi connectivity index (χ3v) is 4.87. The van der Waals surface area contributed by atoms with Gasteiger partial charge >= 0.3 is 0 Å². The molecule has 6 heteroatoms. The molecular formula is C16H22N6. The number of aryl methyl sites for hydroxylation is 2. The lowest BCUT2D eigenvalue weighted by Crippen LogP contribution is -2.29. The molecule has 0 aliphatic carbocycles. The molecule has 2 aliphatic rings. The van der Waals surface area contributed by atoms with Crippen molar-refractivity contribution in [3.05, 3.63) is 36.3 Å². The van der Waals surface area contributed by atoms with Gasteiger partial charge in [0.2, 0.25) is 0 Å². The minimum absolute atomic E-state index is 0.748. The molecule has 0 bridgehead atoms. The second kappa shape index (κ2) is 5.35. The van der Waals surface area contributed by atoms with Crippen molar-refractivity contribution in [2.24, 2.45) is 18.9 Å². The number of nitrogens with zero attached hydrogens (tertiary/aromatic N) is 6. The van der Waals surface area contributed by atoms with E-state index >= 15 is 0 Å². The number of anilines is 1. The topological polar surface area (TPSA) is 50.1 Å². The summed E-state index contributed by atoms with van der Waals surface area (Å²) >= 11 is 0. The van der Waals surface area contributed by atoms with E-state index in [1.54, 1.807) is 6.33 Å². The number of rotatable bonds is 3. The Hall–Kier alpha value is -1.95. The summed E-state index contributed by atoms with van der Waals surface area (Å²) in [5.41, 5.74) is 2.35. The van der Waals surface area contributed by atoms with Crippen molar-refractivity contribution >= 4 is 5.82 Å². The molecule has 2 aliphatic heterocycles. The average molecular weight is 298 g/mol. The van der Waals surface area contributed by atoms with Gasteiger partial charge in [0.1, 0.15) is 12.1 Å². The number of aromatic nitrogens is 4. The van der Waals surface area contributed by atoms with Crippen LogP contribution in [0.2, 0.25) is 0 Å². The van der Waals surface area contributed by atoms with Crippen LogP contribution in [0.15, 0.2) is 25.0 Å². The molecular weight excluding hydrogens is 276 g/mol. The van der Waals surface area contributed by atoms with Gasteiger partial charge in [0.25, 0.3) is 0 Å². The van der Waals surface area contributed by atoms with E-state index in [9.17, 15) is 0 Å². The molecule has 0 radical (unpaired) electrons. The van der Waals surface area contributed by atoms with Crippen LogP contribution in [0.4, 0.5) is 5.82 Å². The van der Waals surface area contributed by atoms with Crippen LogP contribution < -0.4 is 4.90 Å². The highest BCUT2D eigenvalue weighted by atomic mass is 15.3. The summed E-state index contributed by atoms with van der Waals surface area (Å²) in [6.45, 7) is 7.63. The molecule has 2 aromatic heterocycles. The van der Waals surface area contributed by atoms with Gasteiger partial charge in [-0.3, -0.25) is 4.90 Å². The molecule has 116 valence electrons. The summed E-state index contributed by atoms with van der Waals surface area (Å²) in [4.78, 5) is 18.0. The Morgan fingerprint density at radius 3 is 2.55 bits per heavy atom. The zero-order valence-corrected chi connectivity index (χ0v) is 13.2. The van der Waals surface area contributed by atoms with Gasteiger partial charge in [0, 0.05) is 57.7 Å². The van der Waals surface area contributed by atoms with E-state index in [1.165, 1.54) is 24.3 Å². The van der Waals surface area contributed by atoms with Crippen molar-refractivity contribution in [1.29, 1.82) is 0 Å². The number of hydrogen-bond donors (Lipinski definition) is 0. The van der Waals surface area contributed by atoms with Crippen molar-refractivity contribution in [1.82, 2.24) is 24.4 Å². The van der Waals surface area contributed by atoms with E-state index in [4.69, 9.17) is 0 Å². The molecule has 4 rings (SSSR count). The summed E-state index contributed by atoms with van der Waals surface area (Å²) in [5.74, 6) is 2.61. The van der Waals surface area contributed by atoms with Gasteiger partial charge in [-0.05, 0) is 18.8 Å². The molecule has 2 aromatic rings. The van der Waals surface area contributed by atoms with Gasteiger partial charge < -0.3 is 9.47 Å². The summed E-state index contributed by atoms with van der Waals surface area (Å²) in [5, 5.41) is 0. The third kappa shape index (κ3) is 2.47. The van der Waals surface area contributed by atoms with Crippen molar-refractivity contribution in [2.75, 3.05) is 31.1 Å². The van der Waals surface area contributed by atoms with Gasteiger partial charge in [0.05, 0.1) is 12.0 Å². The van der Waals surface area contributed by atoms with E-state index in [2.05, 4.69) is 37.9 Å². The summed E-state index contributed by atoms with van der Waals surface area (Å²) < 4.78 is 2.02. The Bertz CT molecular complexity index is 652. The van der Waals surface area contributed by atoms with Crippen LogP contribution in [-0.4, -0.2) is 50.6 Å². The fraction of sp³-hybridized carbons (Fsp3) is 0.562. The number of fused-ring (bicyclic) bond motifs is 1. The smallest absolute Gasteiger partial charge is 0.134 e. The first-order chi connectivity index (χ1) is 10.7. The van der Waals surface area contributed by atoms with Crippen molar-refractivity contribution in [3.8, 4) is 0 Å². The maximum atomic E-state index is 4.47. The van der Waals surface area contributed by atoms with Crippen LogP contribution in [0.1, 0.15) is 11.3 Å². The lowest BCUT2D eigenvalue weighted by atomic mass is 10.0. The van der Waals surface area contributed by atoms with Crippen molar-refractivity contribution in [2.45, 2.75) is 13.5 Å². The highest BCUT2D eigenvalue weighted by molar-refractivity contribution is 5.46. The first kappa shape index (κ1) is 13.7. The van der Waals surface area contributed by atoms with Crippen LogP contribution in [0.3, 0.4) is 0 Å². The van der Waals surface area contributed by atoms with Gasteiger partial charge in [-0.25, -0.2) is 15.0 Å². The highest BCUT2D eigenvalue weighted by Crippen LogP contribution is 2.34. The fourth-order valence-electron chi connectivity index (χ4n) is 3.89. The quantitative estimate of drug-likeness (QED) is 0.849. The molecule has 2 atom stereocenters. The van der Waals surface area contributed by atoms with E-state index in [1.807, 2.05) is 24.1 Å². The molecule has 6 nitrogen and oxygen atoms in total. The first-order valence-corrected chi connectivity index (χ1v) is 7.90. The third-order valence-electron chi connectivity index (χ3n) is 4.87. The Balaban J connectivity index is 1.39. The van der Waals surface area contributed by atoms with Crippen molar-refractivity contribution < 1.29 is 0 Å². The lowest BCUT2D eigenvalue weighted by Gasteiger charge is -2.22. The molecule has 2 unspecified atom stereocenters. The zero-order valence-electron chi connectivity index (χ0n) is 13.2. The molecule has 0 N–H and O–H groups in total. The second-order valence-electron chi connectivity index (χ2n) is 6.68. The molecule has 22 heavy (non-hydrogen) atoms. The van der Waals surface area contributed by atoms with Crippen LogP contribution in [0.25, 0.3) is 0 Å². The fourth-order valence-corrected chi connectivity index (χ4v) is 3.89. The molecule has 0 saturated carbocycles. The van der Waals surface area contributed by atoms with E-state index < -0.39 is 0 Å². The monoisotopic (exact) mass is 298 g/mol. The normalized spacial score (nSPS) is 24.9. The summed E-state index contributed by atoms with van der Waals surface area (Å²) in [6.07, 6.45) is 7.56. The molecule has 4 heterocycles. The average Bonchev–Trinajstić information content (AvgIpc) is 3.14. The van der Waals surface area contributed by atoms with Crippen LogP contribution in [0.5, 0.6) is 0 Å². The second-order valence-corrected chi connectivity index (χ2v) is 6.68. The Morgan fingerprint density at radius 2 is 1.91 bits per heavy atom. The van der Waals surface area contributed by atoms with Gasteiger partial charge in [-0.15, -0.1) is 0 Å². The zero-order chi connectivity index (χ0) is 15.1. The predicted molar refractivity (Wildman–Crippen MR) is 84.4 cm³/mol. The molecule has 2 fully saturated rings. The SMILES string of the molecule is Cc1cncnc1N1CC2CN(Cc3cn(C)cn3)CC2C1. The molecule has 2 saturated heterocycles. The van der Waals surface area contributed by atoms with Gasteiger partial charge in [0.15, 0.2) is 0 Å². The van der Waals surface area contributed by atoms with Crippen LogP contribution in [0, 0.1) is 18.8 Å². The number of imidazole rings is 1. The van der Waals surface area contributed by atoms with Gasteiger partial charge in [-0.1, -0.05) is 0 Å². The standard InChI is InChI=1S/C16H22N6/c1-12-3-17-10-18-16(12)22-6-13-4-21(5-14(13)7-22)9-15-8-20(2)11-19-15/h3,8,10-11,13-14H,4-7,9H2,1-2H3. The largest absolute Gasteiger partial charge is 0.356 e. The maximum absolute atomic E-state index is 4.47. The Kier molecular flexibility index (Phi) is 3.33. The lowest BCUT2D eigenvalue weighted by molar-refractivity contribution is 0.305. The molecule has 0 aromatic carbocycles. The summed E-state index contributed by atoms with van der Waals surface area (Å²) in [6, 6.07) is 0. The van der Waals surface area contributed by atoms with Crippen molar-refractivity contribution in [3.63, 3.8) is 0 Å². The summed E-state index contributed by atoms with van der Waals surface area (Å²) in [7, 11) is 2.02. The van der Waals surface area contributed by atoms with Crippen LogP contribution in [-0.2, 0) is 13.6 Å².